The van der Waals surface area contributed by atoms with Crippen molar-refractivity contribution >= 4 is 33.4 Å². The molecule has 0 atom stereocenters. The third kappa shape index (κ3) is 2.71. The zero-order valence-corrected chi connectivity index (χ0v) is 14.1. The van der Waals surface area contributed by atoms with Crippen LogP contribution in [0.2, 0.25) is 0 Å². The third-order valence-corrected chi connectivity index (χ3v) is 4.47. The fraction of sp³-hybridized carbons (Fsp3) is 0.0952. The second-order valence-corrected chi connectivity index (χ2v) is 6.11. The Morgan fingerprint density at radius 1 is 0.923 bits per heavy atom. The van der Waals surface area contributed by atoms with Crippen molar-refractivity contribution in [3.05, 3.63) is 77.9 Å². The number of aromatic nitrogens is 1. The van der Waals surface area contributed by atoms with E-state index in [1.165, 1.54) is 0 Å². The molecule has 1 heterocycles. The molecule has 4 rings (SSSR count). The highest BCUT2D eigenvalue weighted by Gasteiger charge is 2.13. The molecule has 4 aromatic rings. The van der Waals surface area contributed by atoms with E-state index in [0.29, 0.717) is 5.69 Å². The van der Waals surface area contributed by atoms with Crippen LogP contribution in [-0.2, 0) is 6.54 Å². The summed E-state index contributed by atoms with van der Waals surface area (Å²) in [6.45, 7) is 2.92. The fourth-order valence-electron chi connectivity index (χ4n) is 3.36. The van der Waals surface area contributed by atoms with Crippen LogP contribution in [0, 0.1) is 11.6 Å². The average molecular weight is 350 g/mol. The molecule has 0 aliphatic carbocycles. The van der Waals surface area contributed by atoms with E-state index in [9.17, 15) is 13.6 Å². The van der Waals surface area contributed by atoms with Crippen molar-refractivity contribution in [1.29, 1.82) is 0 Å². The number of aryl methyl sites for hydroxylation is 1. The van der Waals surface area contributed by atoms with E-state index in [1.54, 1.807) is 6.07 Å². The lowest BCUT2D eigenvalue weighted by molar-refractivity contribution is 0.102. The molecule has 0 radical (unpaired) electrons. The Bertz CT molecular complexity index is 1130. The van der Waals surface area contributed by atoms with E-state index >= 15 is 0 Å². The molecule has 0 aliphatic heterocycles. The number of hydrogen-bond acceptors (Lipinski definition) is 1. The van der Waals surface area contributed by atoms with Crippen LogP contribution < -0.4 is 5.32 Å². The van der Waals surface area contributed by atoms with Gasteiger partial charge in [0.1, 0.15) is 11.6 Å². The molecule has 1 N–H and O–H groups in total. The molecule has 3 nitrogen and oxygen atoms in total. The van der Waals surface area contributed by atoms with Crippen molar-refractivity contribution in [3.63, 3.8) is 0 Å². The molecule has 1 aromatic heterocycles. The number of amides is 1. The Morgan fingerprint density at radius 2 is 1.62 bits per heavy atom. The highest BCUT2D eigenvalue weighted by molar-refractivity contribution is 6.11. The molecule has 0 saturated carbocycles. The number of hydrogen-bond donors (Lipinski definition) is 1. The first-order chi connectivity index (χ1) is 12.6. The number of carbonyl (C=O) groups is 1. The van der Waals surface area contributed by atoms with Gasteiger partial charge in [0.15, 0.2) is 0 Å². The summed E-state index contributed by atoms with van der Waals surface area (Å²) in [5.74, 6) is -2.12. The number of nitrogens with one attached hydrogen (secondary N) is 1. The summed E-state index contributed by atoms with van der Waals surface area (Å²) < 4.78 is 28.9. The highest BCUT2D eigenvalue weighted by Crippen LogP contribution is 2.31. The van der Waals surface area contributed by atoms with Crippen LogP contribution in [0.3, 0.4) is 0 Å². The number of halogens is 2. The molecular weight excluding hydrogens is 334 g/mol. The van der Waals surface area contributed by atoms with Crippen LogP contribution in [0.5, 0.6) is 0 Å². The molecule has 0 saturated heterocycles. The molecule has 1 amide bonds. The van der Waals surface area contributed by atoms with Crippen LogP contribution >= 0.6 is 0 Å². The average Bonchev–Trinajstić information content (AvgIpc) is 2.94. The van der Waals surface area contributed by atoms with Crippen molar-refractivity contribution < 1.29 is 13.6 Å². The fourth-order valence-corrected chi connectivity index (χ4v) is 3.36. The molecule has 0 aliphatic rings. The lowest BCUT2D eigenvalue weighted by atomic mass is 10.1. The van der Waals surface area contributed by atoms with Crippen LogP contribution in [0.15, 0.2) is 60.7 Å². The molecule has 0 spiro atoms. The smallest absolute Gasteiger partial charge is 0.255 e. The maximum absolute atomic E-state index is 13.3. The number of para-hydroxylation sites is 1. The molecule has 3 aromatic carbocycles. The van der Waals surface area contributed by atoms with Crippen LogP contribution in [0.4, 0.5) is 14.5 Å². The maximum Gasteiger partial charge on any atom is 0.255 e. The van der Waals surface area contributed by atoms with Gasteiger partial charge >= 0.3 is 0 Å². The minimum atomic E-state index is -0.781. The Hall–Kier alpha value is -3.21. The summed E-state index contributed by atoms with van der Waals surface area (Å²) in [5, 5.41) is 4.83. The number of fused-ring (bicyclic) bond motifs is 3. The van der Waals surface area contributed by atoms with Gasteiger partial charge in [0.25, 0.3) is 5.91 Å². The molecule has 5 heteroatoms. The molecule has 0 unspecified atom stereocenters. The van der Waals surface area contributed by atoms with Gasteiger partial charge in [-0.2, -0.15) is 0 Å². The van der Waals surface area contributed by atoms with Gasteiger partial charge in [-0.3, -0.25) is 4.79 Å². The first kappa shape index (κ1) is 16.3. The van der Waals surface area contributed by atoms with Gasteiger partial charge < -0.3 is 9.88 Å². The Labute approximate surface area is 148 Å². The summed E-state index contributed by atoms with van der Waals surface area (Å²) in [6.07, 6.45) is 0. The summed E-state index contributed by atoms with van der Waals surface area (Å²) in [4.78, 5) is 12.3. The normalized spacial score (nSPS) is 11.2. The van der Waals surface area contributed by atoms with Crippen LogP contribution in [-0.4, -0.2) is 10.5 Å². The number of nitrogens with zero attached hydrogens (tertiary/aromatic N) is 1. The Kier molecular flexibility index (Phi) is 3.92. The summed E-state index contributed by atoms with van der Waals surface area (Å²) >= 11 is 0. The largest absolute Gasteiger partial charge is 0.341 e. The van der Waals surface area contributed by atoms with Gasteiger partial charge in [-0.25, -0.2) is 8.78 Å². The van der Waals surface area contributed by atoms with Crippen molar-refractivity contribution in [1.82, 2.24) is 4.57 Å². The van der Waals surface area contributed by atoms with Crippen molar-refractivity contribution in [3.8, 4) is 0 Å². The van der Waals surface area contributed by atoms with E-state index < -0.39 is 17.5 Å². The van der Waals surface area contributed by atoms with E-state index in [-0.39, 0.29) is 5.56 Å². The lowest BCUT2D eigenvalue weighted by Crippen LogP contribution is -2.12. The minimum absolute atomic E-state index is 0.0569. The SMILES string of the molecule is CCn1c2ccccc2c2cc(NC(=O)c3cc(F)cc(F)c3)ccc21. The summed E-state index contributed by atoms with van der Waals surface area (Å²) in [7, 11) is 0. The van der Waals surface area contributed by atoms with Crippen LogP contribution in [0.1, 0.15) is 17.3 Å². The van der Waals surface area contributed by atoms with Crippen molar-refractivity contribution in [2.75, 3.05) is 5.32 Å². The number of rotatable bonds is 3. The standard InChI is InChI=1S/C21H16F2N2O/c1-2-25-19-6-4-3-5-17(19)18-12-16(7-8-20(18)25)24-21(26)13-9-14(22)11-15(23)10-13/h3-12H,2H2,1H3,(H,24,26). The predicted octanol–water partition coefficient (Wildman–Crippen LogP) is 5.34. The van der Waals surface area contributed by atoms with Gasteiger partial charge in [0.2, 0.25) is 0 Å². The van der Waals surface area contributed by atoms with Gasteiger partial charge in [0.05, 0.1) is 0 Å². The van der Waals surface area contributed by atoms with E-state index in [4.69, 9.17) is 0 Å². The topological polar surface area (TPSA) is 34.0 Å². The molecular formula is C21H16F2N2O. The van der Waals surface area contributed by atoms with Crippen molar-refractivity contribution in [2.24, 2.45) is 0 Å². The number of anilines is 1. The highest BCUT2D eigenvalue weighted by atomic mass is 19.1. The Morgan fingerprint density at radius 3 is 2.35 bits per heavy atom. The van der Waals surface area contributed by atoms with Crippen molar-refractivity contribution in [2.45, 2.75) is 13.5 Å². The molecule has 0 bridgehead atoms. The van der Waals surface area contributed by atoms with E-state index in [1.807, 2.05) is 30.3 Å². The quantitative estimate of drug-likeness (QED) is 0.531. The first-order valence-corrected chi connectivity index (χ1v) is 8.35. The van der Waals surface area contributed by atoms with Gasteiger partial charge in [-0.05, 0) is 43.3 Å². The molecule has 130 valence electrons. The second kappa shape index (κ2) is 6.26. The summed E-state index contributed by atoms with van der Waals surface area (Å²) in [5.41, 5.74) is 2.72. The zero-order valence-electron chi connectivity index (χ0n) is 14.1. The predicted molar refractivity (Wildman–Crippen MR) is 99.4 cm³/mol. The maximum atomic E-state index is 13.3. The second-order valence-electron chi connectivity index (χ2n) is 6.11. The van der Waals surface area contributed by atoms with Crippen LogP contribution in [0.25, 0.3) is 21.8 Å². The van der Waals surface area contributed by atoms with Gasteiger partial charge in [-0.1, -0.05) is 18.2 Å². The van der Waals surface area contributed by atoms with Gasteiger partial charge in [-0.15, -0.1) is 0 Å². The number of carbonyl (C=O) groups excluding carboxylic acids is 1. The van der Waals surface area contributed by atoms with Gasteiger partial charge in [0, 0.05) is 45.7 Å². The Balaban J connectivity index is 1.76. The molecule has 26 heavy (non-hydrogen) atoms. The van der Waals surface area contributed by atoms with E-state index in [0.717, 1.165) is 46.5 Å². The molecule has 0 fully saturated rings. The first-order valence-electron chi connectivity index (χ1n) is 8.35. The third-order valence-electron chi connectivity index (χ3n) is 4.47. The number of benzene rings is 3. The minimum Gasteiger partial charge on any atom is -0.341 e. The van der Waals surface area contributed by atoms with E-state index in [2.05, 4.69) is 22.9 Å². The monoisotopic (exact) mass is 350 g/mol. The summed E-state index contributed by atoms with van der Waals surface area (Å²) in [6, 6.07) is 16.5. The zero-order chi connectivity index (χ0) is 18.3. The lowest BCUT2D eigenvalue weighted by Gasteiger charge is -2.07.